The average Bonchev–Trinajstić information content (AvgIpc) is 2.38. The summed E-state index contributed by atoms with van der Waals surface area (Å²) < 4.78 is 0. The predicted molar refractivity (Wildman–Crippen MR) is 73.1 cm³/mol. The molecule has 4 nitrogen and oxygen atoms in total. The van der Waals surface area contributed by atoms with Crippen molar-refractivity contribution in [3.05, 3.63) is 0 Å². The Morgan fingerprint density at radius 2 is 1.78 bits per heavy atom. The first-order valence-corrected chi connectivity index (χ1v) is 6.98. The molecule has 0 aromatic heterocycles. The molecule has 1 fully saturated rings. The van der Waals surface area contributed by atoms with Crippen molar-refractivity contribution in [2.24, 2.45) is 17.6 Å². The predicted octanol–water partition coefficient (Wildman–Crippen LogP) is 1.37. The first kappa shape index (κ1) is 15.4. The summed E-state index contributed by atoms with van der Waals surface area (Å²) in [6.07, 6.45) is 5.14. The van der Waals surface area contributed by atoms with E-state index in [0.717, 1.165) is 32.2 Å². The van der Waals surface area contributed by atoms with E-state index in [4.69, 9.17) is 5.73 Å². The van der Waals surface area contributed by atoms with Crippen LogP contribution in [0.2, 0.25) is 0 Å². The smallest absolute Gasteiger partial charge is 0.223 e. The first-order chi connectivity index (χ1) is 8.40. The second-order valence-electron chi connectivity index (χ2n) is 6.25. The molecule has 0 spiro atoms. The lowest BCUT2D eigenvalue weighted by Crippen LogP contribution is -2.48. The molecular weight excluding hydrogens is 228 g/mol. The monoisotopic (exact) mass is 256 g/mol. The van der Waals surface area contributed by atoms with E-state index in [1.807, 2.05) is 13.8 Å². The highest BCUT2D eigenvalue weighted by Crippen LogP contribution is 2.31. The Kier molecular flexibility index (Phi) is 5.60. The second kappa shape index (κ2) is 6.53. The molecule has 0 aliphatic heterocycles. The molecule has 0 heterocycles. The number of likely N-dealkylation sites (N-methyl/N-ethyl adjacent to an activating group) is 1. The zero-order chi connectivity index (χ0) is 13.8. The van der Waals surface area contributed by atoms with Crippen molar-refractivity contribution in [2.75, 3.05) is 20.2 Å². The molecule has 0 aromatic carbocycles. The van der Waals surface area contributed by atoms with Crippen LogP contribution in [0.15, 0.2) is 0 Å². The molecule has 1 aliphatic carbocycles. The van der Waals surface area contributed by atoms with E-state index in [1.165, 1.54) is 0 Å². The van der Waals surface area contributed by atoms with E-state index < -0.39 is 5.54 Å². The molecule has 1 amide bonds. The van der Waals surface area contributed by atoms with Gasteiger partial charge in [-0.1, -0.05) is 0 Å². The van der Waals surface area contributed by atoms with E-state index in [-0.39, 0.29) is 12.5 Å². The number of hydrogen-bond donors (Lipinski definition) is 2. The van der Waals surface area contributed by atoms with Crippen LogP contribution in [0.25, 0.3) is 0 Å². The molecule has 0 bridgehead atoms. The highest BCUT2D eigenvalue weighted by Gasteiger charge is 2.29. The van der Waals surface area contributed by atoms with Crippen LogP contribution < -0.4 is 5.73 Å². The van der Waals surface area contributed by atoms with Gasteiger partial charge in [0.2, 0.25) is 5.91 Å². The minimum Gasteiger partial charge on any atom is -0.394 e. The first-order valence-electron chi connectivity index (χ1n) is 6.98. The molecule has 0 atom stereocenters. The van der Waals surface area contributed by atoms with Gasteiger partial charge in [0.1, 0.15) is 0 Å². The maximum Gasteiger partial charge on any atom is 0.223 e. The number of aliphatic hydroxyl groups excluding tert-OH is 1. The molecule has 0 radical (unpaired) electrons. The molecule has 1 rings (SSSR count). The zero-order valence-corrected chi connectivity index (χ0v) is 12.0. The quantitative estimate of drug-likeness (QED) is 0.781. The van der Waals surface area contributed by atoms with Crippen LogP contribution >= 0.6 is 0 Å². The van der Waals surface area contributed by atoms with Gasteiger partial charge in [-0.15, -0.1) is 0 Å². The lowest BCUT2D eigenvalue weighted by molar-refractivity contribution is -0.137. The molecule has 0 unspecified atom stereocenters. The van der Waals surface area contributed by atoms with Gasteiger partial charge >= 0.3 is 0 Å². The van der Waals surface area contributed by atoms with Crippen molar-refractivity contribution in [2.45, 2.75) is 51.5 Å². The SMILES string of the molecule is CN(C(=O)CC1CCC(CN)CC1)C(C)(C)CO. The van der Waals surface area contributed by atoms with Crippen molar-refractivity contribution in [3.8, 4) is 0 Å². The fourth-order valence-electron chi connectivity index (χ4n) is 2.50. The number of carbonyl (C=O) groups excluding carboxylic acids is 1. The zero-order valence-electron chi connectivity index (χ0n) is 12.0. The Hall–Kier alpha value is -0.610. The number of nitrogens with two attached hydrogens (primary N) is 1. The minimum atomic E-state index is -0.467. The summed E-state index contributed by atoms with van der Waals surface area (Å²) in [5, 5.41) is 9.28. The second-order valence-corrected chi connectivity index (χ2v) is 6.25. The Balaban J connectivity index is 2.41. The summed E-state index contributed by atoms with van der Waals surface area (Å²) in [7, 11) is 1.78. The Bertz CT molecular complexity index is 271. The van der Waals surface area contributed by atoms with Crippen molar-refractivity contribution in [1.29, 1.82) is 0 Å². The summed E-state index contributed by atoms with van der Waals surface area (Å²) in [6.45, 7) is 4.54. The summed E-state index contributed by atoms with van der Waals surface area (Å²) in [4.78, 5) is 13.8. The normalized spacial score (nSPS) is 24.9. The highest BCUT2D eigenvalue weighted by atomic mass is 16.3. The number of aliphatic hydroxyl groups is 1. The average molecular weight is 256 g/mol. The Morgan fingerprint density at radius 3 is 2.22 bits per heavy atom. The molecule has 0 aromatic rings. The maximum atomic E-state index is 12.2. The van der Waals surface area contributed by atoms with Gasteiger partial charge in [0, 0.05) is 13.5 Å². The maximum absolute atomic E-state index is 12.2. The Labute approximate surface area is 111 Å². The van der Waals surface area contributed by atoms with Gasteiger partial charge in [-0.2, -0.15) is 0 Å². The standard InChI is InChI=1S/C14H28N2O2/c1-14(2,10-17)16(3)13(18)8-11-4-6-12(9-15)7-5-11/h11-12,17H,4-10,15H2,1-3H3. The van der Waals surface area contributed by atoms with E-state index in [1.54, 1.807) is 11.9 Å². The van der Waals surface area contributed by atoms with Crippen LogP contribution in [-0.4, -0.2) is 41.7 Å². The van der Waals surface area contributed by atoms with Gasteiger partial charge in [-0.05, 0) is 57.9 Å². The van der Waals surface area contributed by atoms with Crippen LogP contribution in [0.4, 0.5) is 0 Å². The summed E-state index contributed by atoms with van der Waals surface area (Å²) in [5.74, 6) is 1.30. The molecule has 0 saturated heterocycles. The van der Waals surface area contributed by atoms with Crippen molar-refractivity contribution < 1.29 is 9.90 Å². The number of amides is 1. The molecule has 4 heteroatoms. The van der Waals surface area contributed by atoms with Gasteiger partial charge in [0.25, 0.3) is 0 Å². The minimum absolute atomic E-state index is 0.00481. The van der Waals surface area contributed by atoms with Crippen molar-refractivity contribution in [3.63, 3.8) is 0 Å². The van der Waals surface area contributed by atoms with E-state index in [0.29, 0.717) is 18.3 Å². The van der Waals surface area contributed by atoms with E-state index in [2.05, 4.69) is 0 Å². The topological polar surface area (TPSA) is 66.6 Å². The van der Waals surface area contributed by atoms with E-state index >= 15 is 0 Å². The molecule has 3 N–H and O–H groups in total. The van der Waals surface area contributed by atoms with Crippen molar-refractivity contribution >= 4 is 5.91 Å². The van der Waals surface area contributed by atoms with Crippen LogP contribution in [0.3, 0.4) is 0 Å². The van der Waals surface area contributed by atoms with Gasteiger partial charge in [-0.3, -0.25) is 4.79 Å². The molecule has 1 saturated carbocycles. The lowest BCUT2D eigenvalue weighted by atomic mass is 9.80. The Morgan fingerprint density at radius 1 is 1.28 bits per heavy atom. The summed E-state index contributed by atoms with van der Waals surface area (Å²) in [5.41, 5.74) is 5.20. The fourth-order valence-corrected chi connectivity index (χ4v) is 2.50. The van der Waals surface area contributed by atoms with Crippen LogP contribution in [-0.2, 0) is 4.79 Å². The molecule has 1 aliphatic rings. The third-order valence-corrected chi connectivity index (χ3v) is 4.43. The van der Waals surface area contributed by atoms with E-state index in [9.17, 15) is 9.90 Å². The van der Waals surface area contributed by atoms with Gasteiger partial charge in [0.15, 0.2) is 0 Å². The van der Waals surface area contributed by atoms with Gasteiger partial charge < -0.3 is 15.7 Å². The highest BCUT2D eigenvalue weighted by molar-refractivity contribution is 5.77. The van der Waals surface area contributed by atoms with Crippen LogP contribution in [0.1, 0.15) is 46.0 Å². The fraction of sp³-hybridized carbons (Fsp3) is 0.929. The number of carbonyl (C=O) groups is 1. The lowest BCUT2D eigenvalue weighted by Gasteiger charge is -2.36. The third-order valence-electron chi connectivity index (χ3n) is 4.43. The summed E-state index contributed by atoms with van der Waals surface area (Å²) in [6, 6.07) is 0. The molecule has 18 heavy (non-hydrogen) atoms. The molecule has 106 valence electrons. The molecular formula is C14H28N2O2. The summed E-state index contributed by atoms with van der Waals surface area (Å²) >= 11 is 0. The van der Waals surface area contributed by atoms with Crippen molar-refractivity contribution in [1.82, 2.24) is 4.90 Å². The number of nitrogens with zero attached hydrogens (tertiary/aromatic N) is 1. The third kappa shape index (κ3) is 3.95. The largest absolute Gasteiger partial charge is 0.394 e. The van der Waals surface area contributed by atoms with Crippen LogP contribution in [0.5, 0.6) is 0 Å². The number of hydrogen-bond acceptors (Lipinski definition) is 3. The number of rotatable bonds is 5. The van der Waals surface area contributed by atoms with Gasteiger partial charge in [-0.25, -0.2) is 0 Å². The van der Waals surface area contributed by atoms with Crippen LogP contribution in [0, 0.1) is 11.8 Å². The van der Waals surface area contributed by atoms with Gasteiger partial charge in [0.05, 0.1) is 12.1 Å².